The van der Waals surface area contributed by atoms with Crippen LogP contribution in [0.2, 0.25) is 0 Å². The Kier molecular flexibility index (Phi) is 5.46. The number of ether oxygens (including phenoxy) is 1. The van der Waals surface area contributed by atoms with Crippen LogP contribution in [0.15, 0.2) is 42.6 Å². The zero-order chi connectivity index (χ0) is 15.1. The molecule has 0 saturated carbocycles. The van der Waals surface area contributed by atoms with Gasteiger partial charge in [0.1, 0.15) is 0 Å². The van der Waals surface area contributed by atoms with Crippen molar-refractivity contribution in [2.45, 2.75) is 27.0 Å². The second-order valence-corrected chi connectivity index (χ2v) is 4.82. The Hall–Kier alpha value is -2.20. The van der Waals surface area contributed by atoms with Crippen LogP contribution in [0.1, 0.15) is 34.1 Å². The van der Waals surface area contributed by atoms with Crippen LogP contribution in [0.3, 0.4) is 0 Å². The van der Waals surface area contributed by atoms with E-state index in [1.54, 1.807) is 12.3 Å². The molecule has 0 radical (unpaired) electrons. The topological polar surface area (TPSA) is 51.2 Å². The summed E-state index contributed by atoms with van der Waals surface area (Å²) in [6.07, 6.45) is 1.59. The highest BCUT2D eigenvalue weighted by atomic mass is 16.5. The molecule has 0 atom stereocenters. The van der Waals surface area contributed by atoms with Gasteiger partial charge < -0.3 is 10.1 Å². The summed E-state index contributed by atoms with van der Waals surface area (Å²) in [6.45, 7) is 5.71. The first-order chi connectivity index (χ1) is 10.2. The van der Waals surface area contributed by atoms with E-state index >= 15 is 0 Å². The lowest BCUT2D eigenvalue weighted by atomic mass is 10.1. The molecule has 21 heavy (non-hydrogen) atoms. The molecule has 0 aliphatic carbocycles. The van der Waals surface area contributed by atoms with E-state index < -0.39 is 0 Å². The number of hydrogen-bond acceptors (Lipinski definition) is 3. The lowest BCUT2D eigenvalue weighted by molar-refractivity contribution is 0.0950. The Morgan fingerprint density at radius 3 is 2.48 bits per heavy atom. The number of hydrogen-bond donors (Lipinski definition) is 1. The van der Waals surface area contributed by atoms with Gasteiger partial charge in [-0.1, -0.05) is 24.3 Å². The van der Waals surface area contributed by atoms with Crippen molar-refractivity contribution in [3.05, 3.63) is 65.0 Å². The Bertz CT molecular complexity index is 577. The fourth-order valence-corrected chi connectivity index (χ4v) is 1.86. The van der Waals surface area contributed by atoms with Crippen molar-refractivity contribution >= 4 is 5.91 Å². The molecule has 1 amide bonds. The van der Waals surface area contributed by atoms with Crippen molar-refractivity contribution in [2.24, 2.45) is 0 Å². The van der Waals surface area contributed by atoms with Crippen LogP contribution < -0.4 is 5.32 Å². The van der Waals surface area contributed by atoms with Crippen molar-refractivity contribution in [3.63, 3.8) is 0 Å². The maximum absolute atomic E-state index is 12.0. The number of carbonyl (C=O) groups is 1. The van der Waals surface area contributed by atoms with Crippen molar-refractivity contribution in [3.8, 4) is 0 Å². The first kappa shape index (κ1) is 15.2. The number of aromatic nitrogens is 1. The van der Waals surface area contributed by atoms with Crippen LogP contribution in [0.25, 0.3) is 0 Å². The lowest BCUT2D eigenvalue weighted by Gasteiger charge is -2.07. The number of nitrogens with one attached hydrogen (secondary N) is 1. The van der Waals surface area contributed by atoms with Gasteiger partial charge in [-0.3, -0.25) is 9.78 Å². The van der Waals surface area contributed by atoms with Gasteiger partial charge in [0.25, 0.3) is 5.91 Å². The number of aryl methyl sites for hydroxylation is 1. The van der Waals surface area contributed by atoms with Crippen molar-refractivity contribution in [2.75, 3.05) is 6.61 Å². The third-order valence-corrected chi connectivity index (χ3v) is 3.12. The fourth-order valence-electron chi connectivity index (χ4n) is 1.86. The van der Waals surface area contributed by atoms with Gasteiger partial charge >= 0.3 is 0 Å². The monoisotopic (exact) mass is 284 g/mol. The largest absolute Gasteiger partial charge is 0.377 e. The lowest BCUT2D eigenvalue weighted by Crippen LogP contribution is -2.22. The van der Waals surface area contributed by atoms with E-state index in [0.29, 0.717) is 25.3 Å². The first-order valence-electron chi connectivity index (χ1n) is 7.05. The molecule has 2 rings (SSSR count). The van der Waals surface area contributed by atoms with E-state index in [0.717, 1.165) is 16.8 Å². The highest BCUT2D eigenvalue weighted by molar-refractivity contribution is 5.93. The molecule has 0 spiro atoms. The van der Waals surface area contributed by atoms with Crippen molar-refractivity contribution in [1.29, 1.82) is 0 Å². The predicted octanol–water partition coefficient (Wildman–Crippen LogP) is 2.86. The van der Waals surface area contributed by atoms with E-state index in [9.17, 15) is 4.79 Å². The Labute approximate surface area is 125 Å². The Morgan fingerprint density at radius 2 is 1.86 bits per heavy atom. The summed E-state index contributed by atoms with van der Waals surface area (Å²) in [7, 11) is 0. The van der Waals surface area contributed by atoms with E-state index in [2.05, 4.69) is 10.3 Å². The average Bonchev–Trinajstić information content (AvgIpc) is 2.52. The number of benzene rings is 1. The van der Waals surface area contributed by atoms with Gasteiger partial charge in [0, 0.05) is 25.0 Å². The second kappa shape index (κ2) is 7.55. The molecular formula is C17H20N2O2. The molecule has 0 aliphatic rings. The average molecular weight is 284 g/mol. The normalized spacial score (nSPS) is 10.4. The van der Waals surface area contributed by atoms with Crippen LogP contribution in [0, 0.1) is 6.92 Å². The quantitative estimate of drug-likeness (QED) is 0.887. The molecule has 0 fully saturated rings. The molecule has 0 bridgehead atoms. The molecule has 2 aromatic rings. The fraction of sp³-hybridized carbons (Fsp3) is 0.294. The van der Waals surface area contributed by atoms with Gasteiger partial charge in [0.2, 0.25) is 0 Å². The number of carbonyl (C=O) groups excluding carboxylic acids is 1. The van der Waals surface area contributed by atoms with Gasteiger partial charge in [-0.05, 0) is 37.1 Å². The molecule has 0 unspecified atom stereocenters. The number of amides is 1. The summed E-state index contributed by atoms with van der Waals surface area (Å²) in [5.41, 5.74) is 3.67. The Morgan fingerprint density at radius 1 is 1.14 bits per heavy atom. The van der Waals surface area contributed by atoms with Crippen molar-refractivity contribution < 1.29 is 9.53 Å². The zero-order valence-electron chi connectivity index (χ0n) is 12.4. The maximum Gasteiger partial charge on any atom is 0.253 e. The highest BCUT2D eigenvalue weighted by Crippen LogP contribution is 2.06. The van der Waals surface area contributed by atoms with E-state index in [4.69, 9.17) is 4.74 Å². The minimum atomic E-state index is -0.110. The van der Waals surface area contributed by atoms with Crippen LogP contribution in [-0.2, 0) is 17.9 Å². The molecule has 0 saturated heterocycles. The molecule has 1 aromatic heterocycles. The highest BCUT2D eigenvalue weighted by Gasteiger charge is 2.05. The minimum absolute atomic E-state index is 0.110. The minimum Gasteiger partial charge on any atom is -0.377 e. The summed E-state index contributed by atoms with van der Waals surface area (Å²) in [5, 5.41) is 2.89. The van der Waals surface area contributed by atoms with E-state index in [1.807, 2.05) is 44.2 Å². The summed E-state index contributed by atoms with van der Waals surface area (Å²) in [6, 6.07) is 11.7. The molecule has 4 nitrogen and oxygen atoms in total. The van der Waals surface area contributed by atoms with Gasteiger partial charge in [0.05, 0.1) is 12.2 Å². The summed E-state index contributed by atoms with van der Waals surface area (Å²) < 4.78 is 5.35. The van der Waals surface area contributed by atoms with E-state index in [1.165, 1.54) is 0 Å². The molecule has 110 valence electrons. The van der Waals surface area contributed by atoms with Crippen LogP contribution in [0.5, 0.6) is 0 Å². The SMILES string of the molecule is CCOCc1ccc(CNC(=O)c2ccc(C)nc2)cc1. The summed E-state index contributed by atoms with van der Waals surface area (Å²) in [5.74, 6) is -0.110. The van der Waals surface area contributed by atoms with E-state index in [-0.39, 0.29) is 5.91 Å². The Balaban J connectivity index is 1.87. The smallest absolute Gasteiger partial charge is 0.253 e. The predicted molar refractivity (Wildman–Crippen MR) is 81.9 cm³/mol. The molecule has 1 aromatic carbocycles. The second-order valence-electron chi connectivity index (χ2n) is 4.82. The standard InChI is InChI=1S/C17H20N2O2/c1-3-21-12-15-7-5-14(6-8-15)10-19-17(20)16-9-4-13(2)18-11-16/h4-9,11H,3,10,12H2,1-2H3,(H,19,20). The van der Waals surface area contributed by atoms with Gasteiger partial charge in [0.15, 0.2) is 0 Å². The van der Waals surface area contributed by atoms with Gasteiger partial charge in [-0.2, -0.15) is 0 Å². The molecule has 1 N–H and O–H groups in total. The number of rotatable bonds is 6. The summed E-state index contributed by atoms with van der Waals surface area (Å²) in [4.78, 5) is 16.1. The molecular weight excluding hydrogens is 264 g/mol. The third-order valence-electron chi connectivity index (χ3n) is 3.12. The molecule has 4 heteroatoms. The third kappa shape index (κ3) is 4.68. The van der Waals surface area contributed by atoms with Crippen LogP contribution in [0.4, 0.5) is 0 Å². The van der Waals surface area contributed by atoms with Crippen LogP contribution >= 0.6 is 0 Å². The van der Waals surface area contributed by atoms with Gasteiger partial charge in [-0.15, -0.1) is 0 Å². The van der Waals surface area contributed by atoms with Crippen LogP contribution in [-0.4, -0.2) is 17.5 Å². The van der Waals surface area contributed by atoms with Crippen molar-refractivity contribution in [1.82, 2.24) is 10.3 Å². The maximum atomic E-state index is 12.0. The number of nitrogens with zero attached hydrogens (tertiary/aromatic N) is 1. The summed E-state index contributed by atoms with van der Waals surface area (Å²) >= 11 is 0. The first-order valence-corrected chi connectivity index (χ1v) is 7.05. The zero-order valence-corrected chi connectivity index (χ0v) is 12.4. The van der Waals surface area contributed by atoms with Gasteiger partial charge in [-0.25, -0.2) is 0 Å². The molecule has 1 heterocycles. The number of pyridine rings is 1. The molecule has 0 aliphatic heterocycles.